The molecular weight excluding hydrogens is 344 g/mol. The topological polar surface area (TPSA) is 84.9 Å². The molecule has 7 nitrogen and oxygen atoms in total. The van der Waals surface area contributed by atoms with Gasteiger partial charge in [0.05, 0.1) is 23.9 Å². The lowest BCUT2D eigenvalue weighted by Crippen LogP contribution is -2.51. The highest BCUT2D eigenvalue weighted by molar-refractivity contribution is 7.91. The van der Waals surface area contributed by atoms with Gasteiger partial charge in [0, 0.05) is 44.6 Å². The Bertz CT molecular complexity index is 735. The Balaban J connectivity index is 1.65. The molecule has 2 heterocycles. The zero-order valence-electron chi connectivity index (χ0n) is 14.4. The van der Waals surface area contributed by atoms with E-state index in [2.05, 4.69) is 5.32 Å². The summed E-state index contributed by atoms with van der Waals surface area (Å²) in [6, 6.07) is 4.86. The van der Waals surface area contributed by atoms with Gasteiger partial charge in [-0.1, -0.05) is 0 Å². The van der Waals surface area contributed by atoms with Crippen molar-refractivity contribution in [2.75, 3.05) is 38.6 Å². The maximum absolute atomic E-state index is 12.6. The number of rotatable bonds is 4. The molecule has 0 spiro atoms. The summed E-state index contributed by atoms with van der Waals surface area (Å²) in [5.74, 6) is 0.679. The molecule has 2 aliphatic rings. The van der Waals surface area contributed by atoms with Gasteiger partial charge in [-0.15, -0.1) is 0 Å². The minimum atomic E-state index is -3.55. The fourth-order valence-electron chi connectivity index (χ4n) is 2.99. The van der Waals surface area contributed by atoms with E-state index in [0.29, 0.717) is 37.8 Å². The molecule has 1 amide bonds. The average Bonchev–Trinajstić information content (AvgIpc) is 2.84. The molecule has 0 aromatic heterocycles. The number of sulfone groups is 1. The molecule has 3 rings (SSSR count). The molecule has 8 heteroatoms. The average molecular weight is 368 g/mol. The molecule has 1 fully saturated rings. The van der Waals surface area contributed by atoms with Crippen LogP contribution in [0.4, 0.5) is 0 Å². The van der Waals surface area contributed by atoms with Crippen LogP contribution in [0.3, 0.4) is 0 Å². The van der Waals surface area contributed by atoms with E-state index in [0.717, 1.165) is 13.0 Å². The summed E-state index contributed by atoms with van der Waals surface area (Å²) in [5.41, 5.74) is 0. The van der Waals surface area contributed by atoms with Crippen molar-refractivity contribution in [2.24, 2.45) is 0 Å². The Morgan fingerprint density at radius 1 is 1.28 bits per heavy atom. The lowest BCUT2D eigenvalue weighted by Gasteiger charge is -2.31. The number of nitrogens with one attached hydrogen (secondary N) is 1. The van der Waals surface area contributed by atoms with Gasteiger partial charge >= 0.3 is 0 Å². The van der Waals surface area contributed by atoms with Crippen LogP contribution in [-0.4, -0.2) is 63.9 Å². The largest absolute Gasteiger partial charge is 0.490 e. The summed E-state index contributed by atoms with van der Waals surface area (Å²) >= 11 is 0. The van der Waals surface area contributed by atoms with E-state index >= 15 is 0 Å². The second kappa shape index (κ2) is 7.61. The number of hydrogen-bond acceptors (Lipinski definition) is 6. The Morgan fingerprint density at radius 3 is 2.80 bits per heavy atom. The molecule has 1 unspecified atom stereocenters. The zero-order chi connectivity index (χ0) is 17.9. The fraction of sp³-hybridized carbons (Fsp3) is 0.588. The molecule has 0 bridgehead atoms. The van der Waals surface area contributed by atoms with Crippen molar-refractivity contribution in [1.82, 2.24) is 10.2 Å². The van der Waals surface area contributed by atoms with Crippen molar-refractivity contribution in [3.63, 3.8) is 0 Å². The third kappa shape index (κ3) is 4.43. The van der Waals surface area contributed by atoms with Crippen molar-refractivity contribution in [3.05, 3.63) is 18.2 Å². The molecule has 1 saturated heterocycles. The molecule has 1 aromatic carbocycles. The molecule has 1 atom stereocenters. The lowest BCUT2D eigenvalue weighted by atomic mass is 10.2. The Kier molecular flexibility index (Phi) is 5.48. The molecular formula is C17H24N2O5S. The fourth-order valence-corrected chi connectivity index (χ4v) is 4.23. The van der Waals surface area contributed by atoms with Gasteiger partial charge < -0.3 is 19.7 Å². The van der Waals surface area contributed by atoms with Crippen LogP contribution in [-0.2, 0) is 14.6 Å². The minimum absolute atomic E-state index is 0.0104. The van der Waals surface area contributed by atoms with Gasteiger partial charge in [0.25, 0.3) is 0 Å². The standard InChI is InChI=1S/C17H24N2O5S/c1-13-12-19(7-6-18-13)17(20)5-10-25(21,22)14-3-4-15-16(11-14)24-9-2-8-23-15/h3-4,11,13,18H,2,5-10,12H2,1H3. The Labute approximate surface area is 148 Å². The first kappa shape index (κ1) is 18.0. The van der Waals surface area contributed by atoms with Gasteiger partial charge in [-0.25, -0.2) is 8.42 Å². The first-order valence-electron chi connectivity index (χ1n) is 8.59. The highest BCUT2D eigenvalue weighted by Gasteiger charge is 2.24. The highest BCUT2D eigenvalue weighted by Crippen LogP contribution is 2.32. The van der Waals surface area contributed by atoms with E-state index in [1.165, 1.54) is 12.1 Å². The summed E-state index contributed by atoms with van der Waals surface area (Å²) in [5, 5.41) is 3.26. The number of hydrogen-bond donors (Lipinski definition) is 1. The third-order valence-corrected chi connectivity index (χ3v) is 6.10. The number of piperazine rings is 1. The molecule has 0 aliphatic carbocycles. The summed E-state index contributed by atoms with van der Waals surface area (Å²) < 4.78 is 36.2. The molecule has 1 N–H and O–H groups in total. The van der Waals surface area contributed by atoms with Crippen LogP contribution in [0.5, 0.6) is 11.5 Å². The lowest BCUT2D eigenvalue weighted by molar-refractivity contribution is -0.131. The van der Waals surface area contributed by atoms with Crippen molar-refractivity contribution in [3.8, 4) is 11.5 Å². The molecule has 0 saturated carbocycles. The van der Waals surface area contributed by atoms with E-state index in [4.69, 9.17) is 9.47 Å². The van der Waals surface area contributed by atoms with Gasteiger partial charge in [0.15, 0.2) is 21.3 Å². The van der Waals surface area contributed by atoms with E-state index in [9.17, 15) is 13.2 Å². The van der Waals surface area contributed by atoms with Gasteiger partial charge in [0.2, 0.25) is 5.91 Å². The molecule has 2 aliphatic heterocycles. The number of carbonyl (C=O) groups excluding carboxylic acids is 1. The summed E-state index contributed by atoms with van der Waals surface area (Å²) in [6.07, 6.45) is 0.748. The first-order chi connectivity index (χ1) is 12.0. The number of ether oxygens (including phenoxy) is 2. The van der Waals surface area contributed by atoms with Crippen LogP contribution < -0.4 is 14.8 Å². The van der Waals surface area contributed by atoms with E-state index in [1.807, 2.05) is 6.92 Å². The van der Waals surface area contributed by atoms with Gasteiger partial charge in [0.1, 0.15) is 0 Å². The van der Waals surface area contributed by atoms with Gasteiger partial charge in [-0.3, -0.25) is 4.79 Å². The number of nitrogens with zero attached hydrogens (tertiary/aromatic N) is 1. The molecule has 138 valence electrons. The van der Waals surface area contributed by atoms with E-state index in [-0.39, 0.29) is 29.0 Å². The molecule has 0 radical (unpaired) electrons. The Hall–Kier alpha value is -1.80. The van der Waals surface area contributed by atoms with Crippen LogP contribution >= 0.6 is 0 Å². The predicted molar refractivity (Wildman–Crippen MR) is 92.8 cm³/mol. The smallest absolute Gasteiger partial charge is 0.223 e. The third-order valence-electron chi connectivity index (χ3n) is 4.38. The Morgan fingerprint density at radius 2 is 2.04 bits per heavy atom. The SMILES string of the molecule is CC1CN(C(=O)CCS(=O)(=O)c2ccc3c(c2)OCCCO3)CCN1. The zero-order valence-corrected chi connectivity index (χ0v) is 15.2. The summed E-state index contributed by atoms with van der Waals surface area (Å²) in [4.78, 5) is 14.2. The second-order valence-corrected chi connectivity index (χ2v) is 8.53. The van der Waals surface area contributed by atoms with Gasteiger partial charge in [-0.05, 0) is 19.1 Å². The van der Waals surface area contributed by atoms with Crippen molar-refractivity contribution in [2.45, 2.75) is 30.7 Å². The van der Waals surface area contributed by atoms with E-state index in [1.54, 1.807) is 11.0 Å². The number of fused-ring (bicyclic) bond motifs is 1. The quantitative estimate of drug-likeness (QED) is 0.847. The minimum Gasteiger partial charge on any atom is -0.490 e. The van der Waals surface area contributed by atoms with Crippen molar-refractivity contribution < 1.29 is 22.7 Å². The number of benzene rings is 1. The predicted octanol–water partition coefficient (Wildman–Crippen LogP) is 0.832. The second-order valence-electron chi connectivity index (χ2n) is 6.42. The maximum atomic E-state index is 12.6. The van der Waals surface area contributed by atoms with Crippen LogP contribution in [0.1, 0.15) is 19.8 Å². The number of amides is 1. The summed E-state index contributed by atoms with van der Waals surface area (Å²) in [6.45, 7) is 5.03. The van der Waals surface area contributed by atoms with Gasteiger partial charge in [-0.2, -0.15) is 0 Å². The van der Waals surface area contributed by atoms with Crippen LogP contribution in [0.2, 0.25) is 0 Å². The molecule has 1 aromatic rings. The maximum Gasteiger partial charge on any atom is 0.223 e. The van der Waals surface area contributed by atoms with Crippen LogP contribution in [0.25, 0.3) is 0 Å². The normalized spacial score (nSPS) is 20.8. The molecule has 25 heavy (non-hydrogen) atoms. The summed E-state index contributed by atoms with van der Waals surface area (Å²) in [7, 11) is -3.55. The number of carbonyl (C=O) groups is 1. The van der Waals surface area contributed by atoms with Crippen LogP contribution in [0, 0.1) is 0 Å². The van der Waals surface area contributed by atoms with Crippen molar-refractivity contribution >= 4 is 15.7 Å². The van der Waals surface area contributed by atoms with E-state index < -0.39 is 9.84 Å². The monoisotopic (exact) mass is 368 g/mol. The first-order valence-corrected chi connectivity index (χ1v) is 10.2. The highest BCUT2D eigenvalue weighted by atomic mass is 32.2. The van der Waals surface area contributed by atoms with Crippen molar-refractivity contribution in [1.29, 1.82) is 0 Å². The van der Waals surface area contributed by atoms with Crippen LogP contribution in [0.15, 0.2) is 23.1 Å².